The van der Waals surface area contributed by atoms with Crippen LogP contribution >= 0.6 is 0 Å². The van der Waals surface area contributed by atoms with E-state index in [2.05, 4.69) is 19.1 Å². The Morgan fingerprint density at radius 2 is 2.17 bits per heavy atom. The van der Waals surface area contributed by atoms with E-state index in [0.29, 0.717) is 5.92 Å². The van der Waals surface area contributed by atoms with Crippen LogP contribution in [-0.2, 0) is 5.41 Å². The SMILES string of the molecule is COc1ccc2c(c1)[C@@]1(C)CCCCC1CC2O. The average Bonchev–Trinajstić information content (AvgIpc) is 2.40. The molecule has 0 aromatic heterocycles. The number of aliphatic hydroxyl groups is 1. The van der Waals surface area contributed by atoms with Crippen LogP contribution in [0.1, 0.15) is 56.3 Å². The first-order chi connectivity index (χ1) is 8.65. The summed E-state index contributed by atoms with van der Waals surface area (Å²) in [6.07, 6.45) is 5.75. The molecular weight excluding hydrogens is 224 g/mol. The van der Waals surface area contributed by atoms with Crippen LogP contribution in [0, 0.1) is 5.92 Å². The highest BCUT2D eigenvalue weighted by atomic mass is 16.5. The van der Waals surface area contributed by atoms with Gasteiger partial charge in [-0.3, -0.25) is 0 Å². The second-order valence-electron chi connectivity index (χ2n) is 6.06. The quantitative estimate of drug-likeness (QED) is 0.820. The first-order valence-corrected chi connectivity index (χ1v) is 7.01. The second-order valence-corrected chi connectivity index (χ2v) is 6.06. The third-order valence-corrected chi connectivity index (χ3v) is 5.14. The van der Waals surface area contributed by atoms with Gasteiger partial charge in [-0.2, -0.15) is 0 Å². The molecule has 1 fully saturated rings. The summed E-state index contributed by atoms with van der Waals surface area (Å²) < 4.78 is 5.36. The molecular formula is C16H22O2. The summed E-state index contributed by atoms with van der Waals surface area (Å²) in [6.45, 7) is 2.38. The van der Waals surface area contributed by atoms with Crippen LogP contribution < -0.4 is 4.74 Å². The van der Waals surface area contributed by atoms with E-state index in [1.165, 1.54) is 31.2 Å². The number of fused-ring (bicyclic) bond motifs is 3. The number of ether oxygens (including phenoxy) is 1. The van der Waals surface area contributed by atoms with Crippen molar-refractivity contribution in [1.29, 1.82) is 0 Å². The van der Waals surface area contributed by atoms with Gasteiger partial charge < -0.3 is 9.84 Å². The molecule has 0 radical (unpaired) electrons. The standard InChI is InChI=1S/C16H22O2/c1-16-8-4-3-5-11(16)9-15(17)13-7-6-12(18-2)10-14(13)16/h6-7,10-11,15,17H,3-5,8-9H2,1-2H3/t11?,15?,16-/m0/s1. The van der Waals surface area contributed by atoms with E-state index < -0.39 is 0 Å². The van der Waals surface area contributed by atoms with Crippen LogP contribution in [0.4, 0.5) is 0 Å². The van der Waals surface area contributed by atoms with E-state index in [1.54, 1.807) is 7.11 Å². The molecule has 3 rings (SSSR count). The summed E-state index contributed by atoms with van der Waals surface area (Å²) in [4.78, 5) is 0. The summed E-state index contributed by atoms with van der Waals surface area (Å²) in [7, 11) is 1.71. The fourth-order valence-electron chi connectivity index (χ4n) is 3.98. The molecule has 1 aromatic rings. The molecule has 0 aliphatic heterocycles. The van der Waals surface area contributed by atoms with Gasteiger partial charge in [0, 0.05) is 0 Å². The van der Waals surface area contributed by atoms with Crippen LogP contribution in [0.2, 0.25) is 0 Å². The minimum Gasteiger partial charge on any atom is -0.497 e. The van der Waals surface area contributed by atoms with Gasteiger partial charge in [-0.25, -0.2) is 0 Å². The van der Waals surface area contributed by atoms with Crippen molar-refractivity contribution in [3.05, 3.63) is 29.3 Å². The lowest BCUT2D eigenvalue weighted by atomic mass is 9.57. The molecule has 0 spiro atoms. The lowest BCUT2D eigenvalue weighted by Crippen LogP contribution is -2.40. The van der Waals surface area contributed by atoms with Crippen LogP contribution in [0.15, 0.2) is 18.2 Å². The third-order valence-electron chi connectivity index (χ3n) is 5.14. The Labute approximate surface area is 109 Å². The van der Waals surface area contributed by atoms with Gasteiger partial charge in [0.15, 0.2) is 0 Å². The van der Waals surface area contributed by atoms with Crippen LogP contribution in [-0.4, -0.2) is 12.2 Å². The molecule has 2 unspecified atom stereocenters. The molecule has 2 nitrogen and oxygen atoms in total. The van der Waals surface area contributed by atoms with E-state index in [9.17, 15) is 5.11 Å². The number of methoxy groups -OCH3 is 1. The van der Waals surface area contributed by atoms with Crippen molar-refractivity contribution in [2.24, 2.45) is 5.92 Å². The van der Waals surface area contributed by atoms with Gasteiger partial charge in [0.05, 0.1) is 13.2 Å². The van der Waals surface area contributed by atoms with Crippen molar-refractivity contribution < 1.29 is 9.84 Å². The average molecular weight is 246 g/mol. The highest BCUT2D eigenvalue weighted by Crippen LogP contribution is 2.53. The highest BCUT2D eigenvalue weighted by molar-refractivity contribution is 5.44. The zero-order valence-electron chi connectivity index (χ0n) is 11.3. The van der Waals surface area contributed by atoms with E-state index >= 15 is 0 Å². The van der Waals surface area contributed by atoms with Gasteiger partial charge in [0.1, 0.15) is 5.75 Å². The zero-order valence-corrected chi connectivity index (χ0v) is 11.3. The Kier molecular flexibility index (Phi) is 2.86. The van der Waals surface area contributed by atoms with E-state index in [1.807, 2.05) is 6.07 Å². The summed E-state index contributed by atoms with van der Waals surface area (Å²) >= 11 is 0. The number of aliphatic hydroxyl groups excluding tert-OH is 1. The van der Waals surface area contributed by atoms with Gasteiger partial charge in [-0.05, 0) is 53.9 Å². The molecule has 2 aliphatic carbocycles. The van der Waals surface area contributed by atoms with Gasteiger partial charge >= 0.3 is 0 Å². The molecule has 2 aliphatic rings. The normalized spacial score (nSPS) is 34.6. The molecule has 2 heteroatoms. The van der Waals surface area contributed by atoms with Crippen LogP contribution in [0.5, 0.6) is 5.75 Å². The molecule has 3 atom stereocenters. The Balaban J connectivity index is 2.12. The topological polar surface area (TPSA) is 29.5 Å². The summed E-state index contributed by atoms with van der Waals surface area (Å²) in [5.41, 5.74) is 2.68. The largest absolute Gasteiger partial charge is 0.497 e. The number of rotatable bonds is 1. The maximum atomic E-state index is 10.3. The van der Waals surface area contributed by atoms with Gasteiger partial charge in [0.2, 0.25) is 0 Å². The molecule has 1 saturated carbocycles. The maximum absolute atomic E-state index is 10.3. The van der Waals surface area contributed by atoms with Crippen molar-refractivity contribution in [2.45, 2.75) is 50.5 Å². The molecule has 18 heavy (non-hydrogen) atoms. The molecule has 0 heterocycles. The van der Waals surface area contributed by atoms with Crippen molar-refractivity contribution in [2.75, 3.05) is 7.11 Å². The van der Waals surface area contributed by atoms with Crippen molar-refractivity contribution in [3.63, 3.8) is 0 Å². The summed E-state index contributed by atoms with van der Waals surface area (Å²) in [5, 5.41) is 10.3. The molecule has 98 valence electrons. The van der Waals surface area contributed by atoms with Crippen molar-refractivity contribution >= 4 is 0 Å². The fourth-order valence-corrected chi connectivity index (χ4v) is 3.98. The minimum atomic E-state index is -0.290. The Hall–Kier alpha value is -1.02. The van der Waals surface area contributed by atoms with Crippen LogP contribution in [0.3, 0.4) is 0 Å². The molecule has 0 amide bonds. The molecule has 0 saturated heterocycles. The van der Waals surface area contributed by atoms with Gasteiger partial charge in [-0.15, -0.1) is 0 Å². The predicted molar refractivity (Wildman–Crippen MR) is 71.9 cm³/mol. The van der Waals surface area contributed by atoms with Crippen molar-refractivity contribution in [1.82, 2.24) is 0 Å². The van der Waals surface area contributed by atoms with Gasteiger partial charge in [-0.1, -0.05) is 25.8 Å². The molecule has 1 N–H and O–H groups in total. The predicted octanol–water partition coefficient (Wildman–Crippen LogP) is 3.58. The highest BCUT2D eigenvalue weighted by Gasteiger charge is 2.44. The first-order valence-electron chi connectivity index (χ1n) is 7.01. The second kappa shape index (κ2) is 4.27. The smallest absolute Gasteiger partial charge is 0.119 e. The van der Waals surface area contributed by atoms with Gasteiger partial charge in [0.25, 0.3) is 0 Å². The Morgan fingerprint density at radius 1 is 1.33 bits per heavy atom. The Bertz CT molecular complexity index is 454. The number of hydrogen-bond donors (Lipinski definition) is 1. The lowest BCUT2D eigenvalue weighted by molar-refractivity contribution is 0.0710. The molecule has 0 bridgehead atoms. The minimum absolute atomic E-state index is 0.237. The first kappa shape index (κ1) is 12.0. The van der Waals surface area contributed by atoms with E-state index in [4.69, 9.17) is 4.74 Å². The summed E-state index contributed by atoms with van der Waals surface area (Å²) in [5.74, 6) is 1.54. The van der Waals surface area contributed by atoms with E-state index in [-0.39, 0.29) is 11.5 Å². The van der Waals surface area contributed by atoms with E-state index in [0.717, 1.165) is 17.7 Å². The Morgan fingerprint density at radius 3 is 2.94 bits per heavy atom. The monoisotopic (exact) mass is 246 g/mol. The van der Waals surface area contributed by atoms with Crippen molar-refractivity contribution in [3.8, 4) is 5.75 Å². The fraction of sp³-hybridized carbons (Fsp3) is 0.625. The number of hydrogen-bond acceptors (Lipinski definition) is 2. The third kappa shape index (κ3) is 1.66. The number of benzene rings is 1. The lowest BCUT2D eigenvalue weighted by Gasteiger charge is -2.48. The maximum Gasteiger partial charge on any atom is 0.119 e. The summed E-state index contributed by atoms with van der Waals surface area (Å²) in [6, 6.07) is 6.17. The zero-order chi connectivity index (χ0) is 12.8. The molecule has 1 aromatic carbocycles. The van der Waals surface area contributed by atoms with Crippen LogP contribution in [0.25, 0.3) is 0 Å².